The molecule has 1 N–H and O–H groups in total. The van der Waals surface area contributed by atoms with Crippen molar-refractivity contribution in [1.82, 2.24) is 10.2 Å². The van der Waals surface area contributed by atoms with Gasteiger partial charge < -0.3 is 10.2 Å². The number of nitrogens with zero attached hydrogens (tertiary/aromatic N) is 1. The summed E-state index contributed by atoms with van der Waals surface area (Å²) in [7, 11) is 1.92. The van der Waals surface area contributed by atoms with E-state index in [1.54, 1.807) is 11.3 Å². The molecule has 1 aromatic carbocycles. The Bertz CT molecular complexity index is 600. The number of halogens is 1. The summed E-state index contributed by atoms with van der Waals surface area (Å²) in [6.07, 6.45) is 2.41. The van der Waals surface area contributed by atoms with E-state index in [2.05, 4.69) is 48.6 Å². The summed E-state index contributed by atoms with van der Waals surface area (Å²) in [6, 6.07) is 14.6. The summed E-state index contributed by atoms with van der Waals surface area (Å²) in [5, 5.41) is 3.10. The van der Waals surface area contributed by atoms with E-state index in [9.17, 15) is 4.79 Å². The standard InChI is InChI=1S/C19H26N2OS.ClH/c1-16-10-11-18(23-16)15-21(19(22)9-6-13-20-2)14-12-17-7-4-3-5-8-17;/h3-5,7-8,10-11,20H,6,9,12-15H2,1-2H3;1H. The van der Waals surface area contributed by atoms with Crippen LogP contribution in [0.4, 0.5) is 0 Å². The number of carbonyl (C=O) groups excluding carboxylic acids is 1. The average Bonchev–Trinajstić information content (AvgIpc) is 2.97. The molecule has 0 spiro atoms. The molecule has 1 heterocycles. The van der Waals surface area contributed by atoms with E-state index < -0.39 is 0 Å². The molecule has 0 unspecified atom stereocenters. The zero-order valence-corrected chi connectivity index (χ0v) is 16.1. The first-order chi connectivity index (χ1) is 11.2. The minimum atomic E-state index is 0. The van der Waals surface area contributed by atoms with Crippen LogP contribution in [-0.2, 0) is 17.8 Å². The second kappa shape index (κ2) is 11.2. The van der Waals surface area contributed by atoms with Crippen LogP contribution < -0.4 is 5.32 Å². The molecule has 0 saturated heterocycles. The van der Waals surface area contributed by atoms with Crippen molar-refractivity contribution in [2.24, 2.45) is 0 Å². The van der Waals surface area contributed by atoms with Gasteiger partial charge in [-0.2, -0.15) is 0 Å². The maximum atomic E-state index is 12.6. The highest BCUT2D eigenvalue weighted by molar-refractivity contribution is 7.11. The second-order valence-corrected chi connectivity index (χ2v) is 7.14. The molecule has 0 bridgehead atoms. The lowest BCUT2D eigenvalue weighted by atomic mass is 10.1. The highest BCUT2D eigenvalue weighted by Crippen LogP contribution is 2.18. The predicted octanol–water partition coefficient (Wildman–Crippen LogP) is 4.05. The first-order valence-corrected chi connectivity index (χ1v) is 9.02. The van der Waals surface area contributed by atoms with Crippen molar-refractivity contribution in [3.63, 3.8) is 0 Å². The van der Waals surface area contributed by atoms with E-state index in [1.165, 1.54) is 15.3 Å². The monoisotopic (exact) mass is 366 g/mol. The fraction of sp³-hybridized carbons (Fsp3) is 0.421. The Hall–Kier alpha value is -1.36. The van der Waals surface area contributed by atoms with Crippen LogP contribution in [0.3, 0.4) is 0 Å². The van der Waals surface area contributed by atoms with Crippen molar-refractivity contribution < 1.29 is 4.79 Å². The summed E-state index contributed by atoms with van der Waals surface area (Å²) in [5.41, 5.74) is 1.28. The number of rotatable bonds is 9. The van der Waals surface area contributed by atoms with Gasteiger partial charge in [0.25, 0.3) is 0 Å². The normalized spacial score (nSPS) is 10.2. The fourth-order valence-corrected chi connectivity index (χ4v) is 3.44. The SMILES string of the molecule is CNCCCC(=O)N(CCc1ccccc1)Cc1ccc(C)s1.Cl. The van der Waals surface area contributed by atoms with Crippen LogP contribution in [0, 0.1) is 6.92 Å². The molecule has 0 radical (unpaired) electrons. The number of hydrogen-bond donors (Lipinski definition) is 1. The Morgan fingerprint density at radius 2 is 1.92 bits per heavy atom. The van der Waals surface area contributed by atoms with Gasteiger partial charge in [0.15, 0.2) is 0 Å². The lowest BCUT2D eigenvalue weighted by Gasteiger charge is -2.22. The lowest BCUT2D eigenvalue weighted by molar-refractivity contribution is -0.131. The molecular formula is C19H27ClN2OS. The molecular weight excluding hydrogens is 340 g/mol. The minimum Gasteiger partial charge on any atom is -0.337 e. The van der Waals surface area contributed by atoms with E-state index in [0.717, 1.165) is 32.5 Å². The fourth-order valence-electron chi connectivity index (χ4n) is 2.53. The van der Waals surface area contributed by atoms with Crippen molar-refractivity contribution in [2.75, 3.05) is 20.1 Å². The van der Waals surface area contributed by atoms with Gasteiger partial charge in [0.05, 0.1) is 6.54 Å². The minimum absolute atomic E-state index is 0. The number of hydrogen-bond acceptors (Lipinski definition) is 3. The maximum Gasteiger partial charge on any atom is 0.222 e. The highest BCUT2D eigenvalue weighted by atomic mass is 35.5. The van der Waals surface area contributed by atoms with E-state index in [-0.39, 0.29) is 18.3 Å². The number of amides is 1. The molecule has 2 rings (SSSR count). The Morgan fingerprint density at radius 3 is 2.54 bits per heavy atom. The third-order valence-electron chi connectivity index (χ3n) is 3.83. The second-order valence-electron chi connectivity index (χ2n) is 5.77. The van der Waals surface area contributed by atoms with Crippen molar-refractivity contribution in [3.05, 3.63) is 57.8 Å². The van der Waals surface area contributed by atoms with Gasteiger partial charge in [-0.05, 0) is 51.1 Å². The van der Waals surface area contributed by atoms with Crippen LogP contribution in [-0.4, -0.2) is 30.9 Å². The van der Waals surface area contributed by atoms with Gasteiger partial charge in [0.1, 0.15) is 0 Å². The number of nitrogens with one attached hydrogen (secondary N) is 1. The smallest absolute Gasteiger partial charge is 0.222 e. The van der Waals surface area contributed by atoms with Crippen molar-refractivity contribution in [3.8, 4) is 0 Å². The number of thiophene rings is 1. The van der Waals surface area contributed by atoms with Crippen LogP contribution >= 0.6 is 23.7 Å². The number of aryl methyl sites for hydroxylation is 1. The summed E-state index contributed by atoms with van der Waals surface area (Å²) in [6.45, 7) is 4.50. The van der Waals surface area contributed by atoms with Crippen LogP contribution in [0.25, 0.3) is 0 Å². The third kappa shape index (κ3) is 7.04. The summed E-state index contributed by atoms with van der Waals surface area (Å²) in [4.78, 5) is 17.1. The maximum absolute atomic E-state index is 12.6. The zero-order valence-electron chi connectivity index (χ0n) is 14.5. The molecule has 1 aromatic heterocycles. The largest absolute Gasteiger partial charge is 0.337 e. The highest BCUT2D eigenvalue weighted by Gasteiger charge is 2.14. The van der Waals surface area contributed by atoms with Crippen molar-refractivity contribution in [1.29, 1.82) is 0 Å². The molecule has 0 aliphatic heterocycles. The van der Waals surface area contributed by atoms with E-state index in [1.807, 2.05) is 18.0 Å². The molecule has 0 fully saturated rings. The Labute approximate surface area is 155 Å². The molecule has 0 aliphatic rings. The lowest BCUT2D eigenvalue weighted by Crippen LogP contribution is -2.32. The third-order valence-corrected chi connectivity index (χ3v) is 4.81. The number of carbonyl (C=O) groups is 1. The van der Waals surface area contributed by atoms with Crippen LogP contribution in [0.5, 0.6) is 0 Å². The molecule has 0 aliphatic carbocycles. The van der Waals surface area contributed by atoms with Crippen LogP contribution in [0.2, 0.25) is 0 Å². The Morgan fingerprint density at radius 1 is 1.17 bits per heavy atom. The molecule has 0 atom stereocenters. The van der Waals surface area contributed by atoms with Gasteiger partial charge in [-0.15, -0.1) is 23.7 Å². The van der Waals surface area contributed by atoms with E-state index >= 15 is 0 Å². The van der Waals surface area contributed by atoms with Gasteiger partial charge in [-0.1, -0.05) is 30.3 Å². The van der Waals surface area contributed by atoms with E-state index in [0.29, 0.717) is 6.42 Å². The molecule has 24 heavy (non-hydrogen) atoms. The zero-order chi connectivity index (χ0) is 16.5. The van der Waals surface area contributed by atoms with Crippen molar-refractivity contribution >= 4 is 29.7 Å². The van der Waals surface area contributed by atoms with Crippen LogP contribution in [0.15, 0.2) is 42.5 Å². The van der Waals surface area contributed by atoms with E-state index in [4.69, 9.17) is 0 Å². The topological polar surface area (TPSA) is 32.3 Å². The van der Waals surface area contributed by atoms with Crippen molar-refractivity contribution in [2.45, 2.75) is 32.7 Å². The molecule has 0 saturated carbocycles. The first kappa shape index (κ1) is 20.7. The summed E-state index contributed by atoms with van der Waals surface area (Å²) < 4.78 is 0. The Kier molecular flexibility index (Phi) is 9.69. The first-order valence-electron chi connectivity index (χ1n) is 8.20. The summed E-state index contributed by atoms with van der Waals surface area (Å²) in [5.74, 6) is 0.252. The molecule has 1 amide bonds. The van der Waals surface area contributed by atoms with Gasteiger partial charge in [-0.25, -0.2) is 0 Å². The van der Waals surface area contributed by atoms with Gasteiger partial charge in [-0.3, -0.25) is 4.79 Å². The number of benzene rings is 1. The van der Waals surface area contributed by atoms with Gasteiger partial charge in [0, 0.05) is 22.7 Å². The van der Waals surface area contributed by atoms with Crippen LogP contribution in [0.1, 0.15) is 28.2 Å². The molecule has 2 aromatic rings. The predicted molar refractivity (Wildman–Crippen MR) is 105 cm³/mol. The molecule has 5 heteroatoms. The quantitative estimate of drug-likeness (QED) is 0.679. The average molecular weight is 367 g/mol. The molecule has 132 valence electrons. The summed E-state index contributed by atoms with van der Waals surface area (Å²) >= 11 is 1.78. The molecule has 3 nitrogen and oxygen atoms in total. The van der Waals surface area contributed by atoms with Gasteiger partial charge >= 0.3 is 0 Å². The Balaban J connectivity index is 0.00000288. The van der Waals surface area contributed by atoms with Gasteiger partial charge in [0.2, 0.25) is 5.91 Å².